The van der Waals surface area contributed by atoms with Crippen LogP contribution in [0.5, 0.6) is 0 Å². The SMILES string of the molecule is CN(C(=O)c1cc2cc(C#N)ccc2[nH]1)[C@H]1CNCc2[nH]c(=O)c3cc(F)c(F)cc3c21. The topological polar surface area (TPSA) is 105 Å². The van der Waals surface area contributed by atoms with Crippen LogP contribution in [0.4, 0.5) is 8.78 Å². The van der Waals surface area contributed by atoms with Gasteiger partial charge in [0.1, 0.15) is 5.69 Å². The Hall–Kier alpha value is -4.03. The van der Waals surface area contributed by atoms with E-state index in [0.717, 1.165) is 23.0 Å². The van der Waals surface area contributed by atoms with E-state index >= 15 is 0 Å². The Bertz CT molecular complexity index is 1520. The van der Waals surface area contributed by atoms with Gasteiger partial charge in [0.2, 0.25) is 0 Å². The van der Waals surface area contributed by atoms with Gasteiger partial charge in [-0.2, -0.15) is 5.26 Å². The third kappa shape index (κ3) is 3.04. The quantitative estimate of drug-likeness (QED) is 0.452. The van der Waals surface area contributed by atoms with E-state index < -0.39 is 23.2 Å². The number of halogens is 2. The van der Waals surface area contributed by atoms with Gasteiger partial charge in [-0.15, -0.1) is 0 Å². The van der Waals surface area contributed by atoms with Crippen molar-refractivity contribution in [3.05, 3.63) is 80.9 Å². The lowest BCUT2D eigenvalue weighted by Gasteiger charge is -2.34. The zero-order valence-electron chi connectivity index (χ0n) is 16.9. The third-order valence-corrected chi connectivity index (χ3v) is 5.93. The number of nitrogens with one attached hydrogen (secondary N) is 3. The highest BCUT2D eigenvalue weighted by Gasteiger charge is 2.31. The number of pyridine rings is 1. The second-order valence-electron chi connectivity index (χ2n) is 7.82. The van der Waals surface area contributed by atoms with Crippen molar-refractivity contribution in [3.63, 3.8) is 0 Å². The maximum absolute atomic E-state index is 14.1. The zero-order valence-corrected chi connectivity index (χ0v) is 16.9. The first-order valence-corrected chi connectivity index (χ1v) is 9.92. The Kier molecular flexibility index (Phi) is 4.53. The molecular weight excluding hydrogens is 416 g/mol. The van der Waals surface area contributed by atoms with Gasteiger partial charge in [0.15, 0.2) is 11.6 Å². The molecule has 9 heteroatoms. The van der Waals surface area contributed by atoms with E-state index in [1.54, 1.807) is 31.3 Å². The molecule has 1 aliphatic heterocycles. The minimum Gasteiger partial charge on any atom is -0.351 e. The second-order valence-corrected chi connectivity index (χ2v) is 7.82. The molecule has 0 spiro atoms. The summed E-state index contributed by atoms with van der Waals surface area (Å²) in [5, 5.41) is 13.3. The number of fused-ring (bicyclic) bond motifs is 4. The minimum atomic E-state index is -1.10. The molecule has 5 rings (SSSR count). The van der Waals surface area contributed by atoms with E-state index in [1.807, 2.05) is 0 Å². The molecule has 1 aliphatic rings. The smallest absolute Gasteiger partial charge is 0.270 e. The molecule has 1 atom stereocenters. The molecule has 0 unspecified atom stereocenters. The molecule has 1 amide bonds. The molecule has 7 nitrogen and oxygen atoms in total. The van der Waals surface area contributed by atoms with Gasteiger partial charge < -0.3 is 20.2 Å². The van der Waals surface area contributed by atoms with Crippen molar-refractivity contribution in [1.29, 1.82) is 5.26 Å². The predicted octanol–water partition coefficient (Wildman–Crippen LogP) is 3.08. The van der Waals surface area contributed by atoms with Crippen LogP contribution in [-0.2, 0) is 6.54 Å². The maximum Gasteiger partial charge on any atom is 0.270 e. The summed E-state index contributed by atoms with van der Waals surface area (Å²) in [6.07, 6.45) is 0. The Labute approximate surface area is 180 Å². The largest absolute Gasteiger partial charge is 0.351 e. The summed E-state index contributed by atoms with van der Waals surface area (Å²) in [5.74, 6) is -2.48. The summed E-state index contributed by atoms with van der Waals surface area (Å²) in [6, 6.07) is 10.2. The molecule has 4 aromatic rings. The second kappa shape index (κ2) is 7.28. The van der Waals surface area contributed by atoms with Crippen molar-refractivity contribution in [2.75, 3.05) is 13.6 Å². The number of hydrogen-bond donors (Lipinski definition) is 3. The third-order valence-electron chi connectivity index (χ3n) is 5.93. The summed E-state index contributed by atoms with van der Waals surface area (Å²) in [7, 11) is 1.62. The number of likely N-dealkylation sites (N-methyl/N-ethyl adjacent to an activating group) is 1. The number of nitriles is 1. The number of hydrogen-bond acceptors (Lipinski definition) is 4. The van der Waals surface area contributed by atoms with E-state index in [0.29, 0.717) is 35.6 Å². The Balaban J connectivity index is 1.60. The molecule has 0 saturated carbocycles. The van der Waals surface area contributed by atoms with Crippen LogP contribution >= 0.6 is 0 Å². The highest BCUT2D eigenvalue weighted by Crippen LogP contribution is 2.33. The van der Waals surface area contributed by atoms with Gasteiger partial charge in [0.25, 0.3) is 11.5 Å². The van der Waals surface area contributed by atoms with Crippen molar-refractivity contribution in [3.8, 4) is 6.07 Å². The molecule has 32 heavy (non-hydrogen) atoms. The van der Waals surface area contributed by atoms with Crippen molar-refractivity contribution < 1.29 is 13.6 Å². The molecule has 0 bridgehead atoms. The van der Waals surface area contributed by atoms with Crippen LogP contribution in [0.25, 0.3) is 21.7 Å². The molecule has 2 aromatic carbocycles. The van der Waals surface area contributed by atoms with Crippen LogP contribution in [0.15, 0.2) is 41.2 Å². The summed E-state index contributed by atoms with van der Waals surface area (Å²) >= 11 is 0. The molecule has 0 radical (unpaired) electrons. The van der Waals surface area contributed by atoms with Crippen molar-refractivity contribution >= 4 is 27.6 Å². The number of carbonyl (C=O) groups is 1. The highest BCUT2D eigenvalue weighted by atomic mass is 19.2. The Morgan fingerprint density at radius 1 is 1.12 bits per heavy atom. The standard InChI is InChI=1S/C23H17F2N5O2/c1-30(23(32)18-5-12-4-11(8-26)2-3-17(12)28-18)20-10-27-9-19-21(20)13-6-15(24)16(25)7-14(13)22(31)29-19/h2-7,20,27-28H,9-10H2,1H3,(H,29,31)/t20-/m0/s1. The number of rotatable bonds is 2. The molecule has 0 saturated heterocycles. The molecule has 3 N–H and O–H groups in total. The Morgan fingerprint density at radius 2 is 1.88 bits per heavy atom. The van der Waals surface area contributed by atoms with Crippen LogP contribution in [0.1, 0.15) is 33.4 Å². The minimum absolute atomic E-state index is 0.0324. The lowest BCUT2D eigenvalue weighted by Crippen LogP contribution is -2.42. The van der Waals surface area contributed by atoms with Gasteiger partial charge in [-0.3, -0.25) is 9.59 Å². The molecule has 2 aromatic heterocycles. The monoisotopic (exact) mass is 433 g/mol. The first kappa shape index (κ1) is 19.9. The van der Waals surface area contributed by atoms with Gasteiger partial charge in [-0.1, -0.05) is 0 Å². The predicted molar refractivity (Wildman–Crippen MR) is 114 cm³/mol. The number of carbonyl (C=O) groups excluding carboxylic acids is 1. The van der Waals surface area contributed by atoms with E-state index in [9.17, 15) is 18.4 Å². The van der Waals surface area contributed by atoms with Crippen LogP contribution in [0.2, 0.25) is 0 Å². The molecular formula is C23H17F2N5O2. The number of nitrogens with zero attached hydrogens (tertiary/aromatic N) is 2. The van der Waals surface area contributed by atoms with Crippen LogP contribution in [0.3, 0.4) is 0 Å². The van der Waals surface area contributed by atoms with Gasteiger partial charge in [-0.25, -0.2) is 8.78 Å². The van der Waals surface area contributed by atoms with Gasteiger partial charge >= 0.3 is 0 Å². The van der Waals surface area contributed by atoms with Crippen molar-refractivity contribution in [1.82, 2.24) is 20.2 Å². The average molecular weight is 433 g/mol. The summed E-state index contributed by atoms with van der Waals surface area (Å²) in [4.78, 5) is 33.0. The number of aromatic nitrogens is 2. The highest BCUT2D eigenvalue weighted by molar-refractivity contribution is 5.99. The Morgan fingerprint density at radius 3 is 2.62 bits per heavy atom. The number of amides is 1. The van der Waals surface area contributed by atoms with E-state index in [2.05, 4.69) is 21.4 Å². The lowest BCUT2D eigenvalue weighted by atomic mass is 9.93. The molecule has 3 heterocycles. The van der Waals surface area contributed by atoms with E-state index in [-0.39, 0.29) is 16.7 Å². The van der Waals surface area contributed by atoms with Gasteiger partial charge in [-0.05, 0) is 41.8 Å². The summed E-state index contributed by atoms with van der Waals surface area (Å²) in [6.45, 7) is 0.704. The van der Waals surface area contributed by atoms with Gasteiger partial charge in [0, 0.05) is 42.3 Å². The maximum atomic E-state index is 14.1. The average Bonchev–Trinajstić information content (AvgIpc) is 3.22. The lowest BCUT2D eigenvalue weighted by molar-refractivity contribution is 0.0718. The van der Waals surface area contributed by atoms with E-state index in [4.69, 9.17) is 5.26 Å². The first-order chi connectivity index (χ1) is 15.4. The fraction of sp³-hybridized carbons (Fsp3) is 0.174. The fourth-order valence-corrected chi connectivity index (χ4v) is 4.33. The van der Waals surface area contributed by atoms with Crippen LogP contribution in [0, 0.1) is 23.0 Å². The first-order valence-electron chi connectivity index (χ1n) is 9.92. The number of H-pyrrole nitrogens is 2. The molecule has 160 valence electrons. The van der Waals surface area contributed by atoms with Crippen LogP contribution < -0.4 is 10.9 Å². The van der Waals surface area contributed by atoms with E-state index in [1.165, 1.54) is 4.90 Å². The van der Waals surface area contributed by atoms with Gasteiger partial charge in [0.05, 0.1) is 23.1 Å². The van der Waals surface area contributed by atoms with Crippen molar-refractivity contribution in [2.24, 2.45) is 0 Å². The fourth-order valence-electron chi connectivity index (χ4n) is 4.33. The zero-order chi connectivity index (χ0) is 22.6. The summed E-state index contributed by atoms with van der Waals surface area (Å²) in [5.41, 5.74) is 2.12. The summed E-state index contributed by atoms with van der Waals surface area (Å²) < 4.78 is 27.9. The number of benzene rings is 2. The van der Waals surface area contributed by atoms with Crippen LogP contribution in [-0.4, -0.2) is 34.4 Å². The normalized spacial score (nSPS) is 15.5. The van der Waals surface area contributed by atoms with Crippen molar-refractivity contribution in [2.45, 2.75) is 12.6 Å². The number of aromatic amines is 2. The molecule has 0 fully saturated rings. The molecule has 0 aliphatic carbocycles.